The van der Waals surface area contributed by atoms with Crippen molar-refractivity contribution in [2.24, 2.45) is 0 Å². The van der Waals surface area contributed by atoms with Crippen molar-refractivity contribution < 1.29 is 24.5 Å². The lowest BCUT2D eigenvalue weighted by atomic mass is 10.1. The van der Waals surface area contributed by atoms with Crippen LogP contribution in [0.2, 0.25) is 0 Å². The quantitative estimate of drug-likeness (QED) is 0.349. The molecule has 0 saturated heterocycles. The molecule has 0 unspecified atom stereocenters. The van der Waals surface area contributed by atoms with E-state index in [-0.39, 0.29) is 23.5 Å². The van der Waals surface area contributed by atoms with Crippen molar-refractivity contribution in [1.82, 2.24) is 0 Å². The highest BCUT2D eigenvalue weighted by Crippen LogP contribution is 2.23. The first-order valence-electron chi connectivity index (χ1n) is 9.20. The monoisotopic (exact) mass is 413 g/mol. The van der Waals surface area contributed by atoms with Gasteiger partial charge in [-0.15, -0.1) is 0 Å². The van der Waals surface area contributed by atoms with Gasteiger partial charge in [-0.3, -0.25) is 4.79 Å². The lowest BCUT2D eigenvalue weighted by Crippen LogP contribution is -2.22. The van der Waals surface area contributed by atoms with Crippen LogP contribution in [0.25, 0.3) is 6.08 Å². The molecule has 0 fully saturated rings. The summed E-state index contributed by atoms with van der Waals surface area (Å²) in [7, 11) is 0. The normalized spacial score (nSPS) is 10.7. The van der Waals surface area contributed by atoms with Crippen molar-refractivity contribution in [1.29, 1.82) is 5.26 Å². The molecule has 31 heavy (non-hydrogen) atoms. The fraction of sp³-hybridized carbons (Fsp3) is 0.0417. The summed E-state index contributed by atoms with van der Waals surface area (Å²) in [4.78, 5) is 23.3. The maximum atomic E-state index is 12.5. The average molecular weight is 413 g/mol. The third-order valence-electron chi connectivity index (χ3n) is 4.29. The number of nitrogens with zero attached hydrogens (tertiary/aromatic N) is 1. The molecule has 0 aliphatic carbocycles. The molecule has 0 aliphatic rings. The van der Waals surface area contributed by atoms with E-state index in [1.54, 1.807) is 36.4 Å². The molecular weight excluding hydrogens is 396 g/mol. The van der Waals surface area contributed by atoms with Crippen molar-refractivity contribution in [3.8, 4) is 17.6 Å². The third-order valence-corrected chi connectivity index (χ3v) is 4.29. The Kier molecular flexibility index (Phi) is 6.66. The van der Waals surface area contributed by atoms with Crippen LogP contribution in [0.3, 0.4) is 0 Å². The average Bonchev–Trinajstić information content (AvgIpc) is 2.78. The van der Waals surface area contributed by atoms with E-state index in [1.165, 1.54) is 42.5 Å². The Hall–Kier alpha value is -4.57. The number of phenolic OH excluding ortho intramolecular Hbond substituents is 1. The molecule has 0 atom stereocenters. The Bertz CT molecular complexity index is 1160. The first kappa shape index (κ1) is 21.1. The van der Waals surface area contributed by atoms with Gasteiger partial charge >= 0.3 is 0 Å². The molecule has 3 rings (SSSR count). The number of aromatic carboxylic acids is 1. The van der Waals surface area contributed by atoms with Gasteiger partial charge in [0.1, 0.15) is 29.7 Å². The van der Waals surface area contributed by atoms with Crippen LogP contribution in [-0.2, 0) is 11.4 Å². The number of carbonyl (C=O) groups excluding carboxylic acids is 2. The molecule has 1 amide bonds. The summed E-state index contributed by atoms with van der Waals surface area (Å²) in [5.74, 6) is -1.33. The Morgan fingerprint density at radius 1 is 1.03 bits per heavy atom. The lowest BCUT2D eigenvalue weighted by Gasteiger charge is -2.11. The molecule has 7 heteroatoms. The lowest BCUT2D eigenvalue weighted by molar-refractivity contribution is -0.255. The van der Waals surface area contributed by atoms with Gasteiger partial charge in [-0.05, 0) is 47.5 Å². The van der Waals surface area contributed by atoms with E-state index in [1.807, 2.05) is 6.07 Å². The molecule has 0 saturated carbocycles. The predicted molar refractivity (Wildman–Crippen MR) is 112 cm³/mol. The summed E-state index contributed by atoms with van der Waals surface area (Å²) >= 11 is 0. The summed E-state index contributed by atoms with van der Waals surface area (Å²) in [6.45, 7) is 0.166. The van der Waals surface area contributed by atoms with Gasteiger partial charge in [0.2, 0.25) is 0 Å². The van der Waals surface area contributed by atoms with Crippen LogP contribution >= 0.6 is 0 Å². The van der Waals surface area contributed by atoms with Crippen molar-refractivity contribution in [3.05, 3.63) is 95.1 Å². The van der Waals surface area contributed by atoms with Crippen molar-refractivity contribution >= 4 is 23.6 Å². The number of amides is 1. The van der Waals surface area contributed by atoms with Gasteiger partial charge in [-0.25, -0.2) is 0 Å². The number of hydrogen-bond donors (Lipinski definition) is 2. The second kappa shape index (κ2) is 9.76. The number of nitriles is 1. The van der Waals surface area contributed by atoms with Gasteiger partial charge in [0, 0.05) is 11.3 Å². The molecule has 154 valence electrons. The van der Waals surface area contributed by atoms with Crippen molar-refractivity contribution in [2.75, 3.05) is 5.32 Å². The molecule has 2 N–H and O–H groups in total. The van der Waals surface area contributed by atoms with E-state index in [0.717, 1.165) is 5.56 Å². The van der Waals surface area contributed by atoms with E-state index in [2.05, 4.69) is 5.32 Å². The van der Waals surface area contributed by atoms with Crippen LogP contribution < -0.4 is 15.2 Å². The van der Waals surface area contributed by atoms with Crippen LogP contribution in [0.1, 0.15) is 21.5 Å². The van der Waals surface area contributed by atoms with Gasteiger partial charge < -0.3 is 25.1 Å². The first-order valence-corrected chi connectivity index (χ1v) is 9.20. The van der Waals surface area contributed by atoms with E-state index < -0.39 is 11.9 Å². The summed E-state index contributed by atoms with van der Waals surface area (Å²) in [5.41, 5.74) is 1.67. The molecular formula is C24H17N2O5-. The Morgan fingerprint density at radius 3 is 2.35 bits per heavy atom. The van der Waals surface area contributed by atoms with E-state index in [0.29, 0.717) is 17.0 Å². The summed E-state index contributed by atoms with van der Waals surface area (Å²) in [6.07, 6.45) is 1.42. The smallest absolute Gasteiger partial charge is 0.266 e. The van der Waals surface area contributed by atoms with Crippen molar-refractivity contribution in [2.45, 2.75) is 6.61 Å². The number of phenols is 1. The summed E-state index contributed by atoms with van der Waals surface area (Å²) < 4.78 is 5.80. The Labute approximate surface area is 178 Å². The van der Waals surface area contributed by atoms with E-state index >= 15 is 0 Å². The molecule has 3 aromatic carbocycles. The number of carboxylic acid groups (broad SMARTS) is 1. The number of hydrogen-bond acceptors (Lipinski definition) is 6. The molecule has 0 aromatic heterocycles. The number of ether oxygens (including phenoxy) is 1. The van der Waals surface area contributed by atoms with Gasteiger partial charge in [-0.1, -0.05) is 42.5 Å². The molecule has 0 spiro atoms. The number of nitrogens with one attached hydrogen (secondary N) is 1. The molecule has 0 aliphatic heterocycles. The second-order valence-corrected chi connectivity index (χ2v) is 6.48. The minimum absolute atomic E-state index is 0.0643. The molecule has 0 bridgehead atoms. The largest absolute Gasteiger partial charge is 0.545 e. The van der Waals surface area contributed by atoms with Gasteiger partial charge in [0.15, 0.2) is 0 Å². The predicted octanol–water partition coefficient (Wildman–Crippen LogP) is 2.88. The fourth-order valence-corrected chi connectivity index (χ4v) is 2.68. The third kappa shape index (κ3) is 5.71. The minimum atomic E-state index is -1.25. The highest BCUT2D eigenvalue weighted by Gasteiger charge is 2.11. The maximum absolute atomic E-state index is 12.5. The number of rotatable bonds is 7. The number of carboxylic acids is 1. The van der Waals surface area contributed by atoms with Gasteiger partial charge in [0.05, 0.1) is 5.97 Å². The number of benzene rings is 3. The topological polar surface area (TPSA) is 122 Å². The van der Waals surface area contributed by atoms with Gasteiger partial charge in [0.25, 0.3) is 5.91 Å². The highest BCUT2D eigenvalue weighted by molar-refractivity contribution is 6.09. The van der Waals surface area contributed by atoms with E-state index in [4.69, 9.17) is 4.74 Å². The molecule has 0 radical (unpaired) electrons. The molecule has 3 aromatic rings. The highest BCUT2D eigenvalue weighted by atomic mass is 16.5. The van der Waals surface area contributed by atoms with Crippen LogP contribution in [0.4, 0.5) is 5.69 Å². The Balaban J connectivity index is 1.75. The molecule has 0 heterocycles. The van der Waals surface area contributed by atoms with E-state index in [9.17, 15) is 25.1 Å². The van der Waals surface area contributed by atoms with Crippen molar-refractivity contribution in [3.63, 3.8) is 0 Å². The number of para-hydroxylation sites is 1. The summed E-state index contributed by atoms with van der Waals surface area (Å²) in [6, 6.07) is 20.8. The van der Waals surface area contributed by atoms with Gasteiger partial charge in [-0.2, -0.15) is 5.26 Å². The fourth-order valence-electron chi connectivity index (χ4n) is 2.68. The van der Waals surface area contributed by atoms with Crippen LogP contribution in [0.5, 0.6) is 11.5 Å². The second-order valence-electron chi connectivity index (χ2n) is 6.48. The Morgan fingerprint density at radius 2 is 1.71 bits per heavy atom. The number of aromatic hydroxyl groups is 1. The minimum Gasteiger partial charge on any atom is -0.545 e. The summed E-state index contributed by atoms with van der Waals surface area (Å²) in [5, 5.41) is 32.2. The van der Waals surface area contributed by atoms with Crippen LogP contribution in [0, 0.1) is 11.3 Å². The SMILES string of the molecule is N#C/C(=C\c1ccccc1OCc1ccc(C(=O)[O-])cc1)C(=O)Nc1ccc(O)cc1. The number of carbonyl (C=O) groups is 2. The maximum Gasteiger partial charge on any atom is 0.266 e. The zero-order valence-electron chi connectivity index (χ0n) is 16.2. The van der Waals surface area contributed by atoms with Crippen LogP contribution in [0.15, 0.2) is 78.4 Å². The van der Waals surface area contributed by atoms with Crippen LogP contribution in [-0.4, -0.2) is 17.0 Å². The first-order chi connectivity index (χ1) is 15.0. The zero-order chi connectivity index (χ0) is 22.2. The zero-order valence-corrected chi connectivity index (χ0v) is 16.2. The molecule has 7 nitrogen and oxygen atoms in total. The standard InChI is InChI=1S/C24H18N2O5/c25-14-19(23(28)26-20-9-11-21(27)12-10-20)13-18-3-1-2-4-22(18)31-15-16-5-7-17(8-6-16)24(29)30/h1-13,27H,15H2,(H,26,28)(H,29,30)/p-1/b19-13+. The number of anilines is 1.